The first kappa shape index (κ1) is 37.1. The minimum atomic E-state index is -0.350. The topological polar surface area (TPSA) is 101 Å². The summed E-state index contributed by atoms with van der Waals surface area (Å²) in [7, 11) is 0. The second-order valence-corrected chi connectivity index (χ2v) is 6.96. The van der Waals surface area contributed by atoms with Gasteiger partial charge in [-0.05, 0) is 34.6 Å². The highest BCUT2D eigenvalue weighted by molar-refractivity contribution is 6.20. The van der Waals surface area contributed by atoms with Gasteiger partial charge in [-0.3, -0.25) is 0 Å². The molecule has 0 aliphatic rings. The van der Waals surface area contributed by atoms with E-state index in [1.165, 1.54) is 0 Å². The Morgan fingerprint density at radius 2 is 0.640 bits per heavy atom. The molecule has 0 radical (unpaired) electrons. The molecule has 25 heavy (non-hydrogen) atoms. The smallest absolute Gasteiger partial charge is 0.0647 e. The molecular formula is C15H35Cl5O5. The quantitative estimate of drug-likeness (QED) is 0.396. The molecule has 0 rings (SSSR count). The van der Waals surface area contributed by atoms with E-state index in [2.05, 4.69) is 0 Å². The van der Waals surface area contributed by atoms with Crippen molar-refractivity contribution < 1.29 is 25.5 Å². The molecule has 0 aromatic carbocycles. The highest BCUT2D eigenvalue weighted by Crippen LogP contribution is 1.86. The molecule has 0 heterocycles. The van der Waals surface area contributed by atoms with Crippen LogP contribution >= 0.6 is 58.0 Å². The maximum absolute atomic E-state index is 8.23. The summed E-state index contributed by atoms with van der Waals surface area (Å²) in [6.45, 7) is 8.39. The van der Waals surface area contributed by atoms with Crippen molar-refractivity contribution in [2.75, 3.05) is 30.1 Å². The van der Waals surface area contributed by atoms with Crippen molar-refractivity contribution in [1.82, 2.24) is 0 Å². The fourth-order valence-electron chi connectivity index (χ4n) is 0. The predicted octanol–water partition coefficient (Wildman–Crippen LogP) is 3.03. The standard InChI is InChI=1S/5C3H7ClO/c1-3(4)2-5;4*1-3(5)2-4/h5*3,5H,2H2,1H3. The number of aliphatic hydroxyl groups excluding tert-OH is 5. The number of hydrogen-bond donors (Lipinski definition) is 5. The SMILES string of the molecule is CC(Cl)CO.CC(O)CCl.CC(O)CCl.CC(O)CCl.CC(O)CCl. The van der Waals surface area contributed by atoms with Gasteiger partial charge in [-0.1, -0.05) is 0 Å². The van der Waals surface area contributed by atoms with Gasteiger partial charge >= 0.3 is 0 Å². The van der Waals surface area contributed by atoms with Gasteiger partial charge in [-0.25, -0.2) is 0 Å². The molecule has 5 atom stereocenters. The Bertz CT molecular complexity index is 151. The van der Waals surface area contributed by atoms with Crippen molar-refractivity contribution >= 4 is 58.0 Å². The van der Waals surface area contributed by atoms with E-state index in [-0.39, 0.29) is 36.4 Å². The van der Waals surface area contributed by atoms with Crippen LogP contribution in [0.15, 0.2) is 0 Å². The summed E-state index contributed by atoms with van der Waals surface area (Å²) in [6.07, 6.45) is -1.40. The van der Waals surface area contributed by atoms with E-state index < -0.39 is 0 Å². The second kappa shape index (κ2) is 32.9. The fraction of sp³-hybridized carbons (Fsp3) is 1.00. The lowest BCUT2D eigenvalue weighted by Gasteiger charge is -1.88. The monoisotopic (exact) mass is 470 g/mol. The van der Waals surface area contributed by atoms with E-state index >= 15 is 0 Å². The maximum Gasteiger partial charge on any atom is 0.0647 e. The van der Waals surface area contributed by atoms with E-state index in [0.717, 1.165) is 0 Å². The highest BCUT2D eigenvalue weighted by Gasteiger charge is 1.85. The third-order valence-electron chi connectivity index (χ3n) is 1.14. The molecular weight excluding hydrogens is 437 g/mol. The normalized spacial score (nSPS) is 15.0. The lowest BCUT2D eigenvalue weighted by atomic mass is 10.5. The summed E-state index contributed by atoms with van der Waals surface area (Å²) in [5, 5.41) is 40.8. The first-order valence-electron chi connectivity index (χ1n) is 7.56. The van der Waals surface area contributed by atoms with Crippen molar-refractivity contribution in [2.24, 2.45) is 0 Å². The first-order chi connectivity index (χ1) is 11.4. The Labute approximate surface area is 177 Å². The van der Waals surface area contributed by atoms with Crippen LogP contribution in [-0.4, -0.2) is 85.5 Å². The highest BCUT2D eigenvalue weighted by atomic mass is 35.5. The Kier molecular flexibility index (Phi) is 48.7. The maximum atomic E-state index is 8.23. The Morgan fingerprint density at radius 1 is 0.560 bits per heavy atom. The number of aliphatic hydroxyl groups is 5. The molecule has 10 heteroatoms. The molecule has 5 unspecified atom stereocenters. The summed E-state index contributed by atoms with van der Waals surface area (Å²) in [5.74, 6) is 1.33. The van der Waals surface area contributed by atoms with Gasteiger partial charge in [-0.2, -0.15) is 0 Å². The van der Waals surface area contributed by atoms with Gasteiger partial charge in [0.1, 0.15) is 0 Å². The molecule has 0 saturated heterocycles. The summed E-state index contributed by atoms with van der Waals surface area (Å²) < 4.78 is 0. The van der Waals surface area contributed by atoms with E-state index in [4.69, 9.17) is 83.5 Å². The van der Waals surface area contributed by atoms with Gasteiger partial charge in [0.25, 0.3) is 0 Å². The van der Waals surface area contributed by atoms with Crippen LogP contribution in [0.25, 0.3) is 0 Å². The summed E-state index contributed by atoms with van der Waals surface area (Å²) in [6, 6.07) is 0. The summed E-state index contributed by atoms with van der Waals surface area (Å²) >= 11 is 25.6. The van der Waals surface area contributed by atoms with Crippen molar-refractivity contribution in [3.8, 4) is 0 Å². The fourth-order valence-corrected chi connectivity index (χ4v) is 0. The van der Waals surface area contributed by atoms with Crippen LogP contribution in [0.5, 0.6) is 0 Å². The number of alkyl halides is 5. The minimum absolute atomic E-state index is 0.0710. The molecule has 0 bridgehead atoms. The van der Waals surface area contributed by atoms with Crippen molar-refractivity contribution in [1.29, 1.82) is 0 Å². The summed E-state index contributed by atoms with van der Waals surface area (Å²) in [5.41, 5.74) is 0. The molecule has 0 fully saturated rings. The molecule has 0 aliphatic heterocycles. The number of rotatable bonds is 5. The van der Waals surface area contributed by atoms with Crippen molar-refractivity contribution in [2.45, 2.75) is 64.4 Å². The zero-order valence-electron chi connectivity index (χ0n) is 15.5. The average molecular weight is 473 g/mol. The molecule has 0 amide bonds. The van der Waals surface area contributed by atoms with Gasteiger partial charge in [0.05, 0.1) is 36.4 Å². The van der Waals surface area contributed by atoms with Gasteiger partial charge in [-0.15, -0.1) is 58.0 Å². The Balaban J connectivity index is -0.0000000667. The average Bonchev–Trinajstić information content (AvgIpc) is 2.56. The second-order valence-electron chi connectivity index (χ2n) is 4.98. The van der Waals surface area contributed by atoms with Crippen LogP contribution in [0.4, 0.5) is 0 Å². The first-order valence-corrected chi connectivity index (χ1v) is 10.1. The number of halogens is 5. The lowest BCUT2D eigenvalue weighted by molar-refractivity contribution is 0.218. The van der Waals surface area contributed by atoms with Crippen LogP contribution < -0.4 is 0 Å². The van der Waals surface area contributed by atoms with Gasteiger partial charge in [0, 0.05) is 23.5 Å². The zero-order chi connectivity index (χ0) is 21.4. The lowest BCUT2D eigenvalue weighted by Crippen LogP contribution is -1.98. The van der Waals surface area contributed by atoms with Crippen LogP contribution in [0.2, 0.25) is 0 Å². The van der Waals surface area contributed by atoms with Gasteiger partial charge < -0.3 is 25.5 Å². The third-order valence-corrected chi connectivity index (χ3v) is 3.07. The summed E-state index contributed by atoms with van der Waals surface area (Å²) in [4.78, 5) is 0. The van der Waals surface area contributed by atoms with Crippen molar-refractivity contribution in [3.05, 3.63) is 0 Å². The van der Waals surface area contributed by atoms with Gasteiger partial charge in [0.15, 0.2) is 0 Å². The molecule has 5 N–H and O–H groups in total. The molecule has 0 spiro atoms. The van der Waals surface area contributed by atoms with Crippen LogP contribution in [0, 0.1) is 0 Å². The zero-order valence-corrected chi connectivity index (χ0v) is 19.3. The molecule has 5 nitrogen and oxygen atoms in total. The third kappa shape index (κ3) is 108. The minimum Gasteiger partial charge on any atom is -0.395 e. The van der Waals surface area contributed by atoms with Crippen LogP contribution in [0.3, 0.4) is 0 Å². The van der Waals surface area contributed by atoms with Crippen LogP contribution in [0.1, 0.15) is 34.6 Å². The van der Waals surface area contributed by atoms with Gasteiger partial charge in [0.2, 0.25) is 0 Å². The molecule has 0 aromatic rings. The predicted molar refractivity (Wildman–Crippen MR) is 112 cm³/mol. The Hall–Kier alpha value is 1.25. The van der Waals surface area contributed by atoms with E-state index in [1.54, 1.807) is 34.6 Å². The molecule has 160 valence electrons. The van der Waals surface area contributed by atoms with E-state index in [0.29, 0.717) is 23.5 Å². The molecule has 0 aromatic heterocycles. The number of hydrogen-bond acceptors (Lipinski definition) is 5. The molecule has 0 saturated carbocycles. The van der Waals surface area contributed by atoms with Crippen molar-refractivity contribution in [3.63, 3.8) is 0 Å². The van der Waals surface area contributed by atoms with E-state index in [9.17, 15) is 0 Å². The Morgan fingerprint density at radius 3 is 0.640 bits per heavy atom. The molecule has 0 aliphatic carbocycles. The van der Waals surface area contributed by atoms with E-state index in [1.807, 2.05) is 0 Å². The van der Waals surface area contributed by atoms with Crippen LogP contribution in [-0.2, 0) is 0 Å². The largest absolute Gasteiger partial charge is 0.395 e.